The first-order valence-electron chi connectivity index (χ1n) is 28.6. The molecule has 0 N–H and O–H groups in total. The second-order valence-corrected chi connectivity index (χ2v) is 22.5. The zero-order valence-corrected chi connectivity index (χ0v) is 44.7. The van der Waals surface area contributed by atoms with Crippen LogP contribution in [-0.4, -0.2) is 0 Å². The third-order valence-electron chi connectivity index (χ3n) is 18.3. The molecular formula is C82H48. The first-order valence-corrected chi connectivity index (χ1v) is 28.6. The summed E-state index contributed by atoms with van der Waals surface area (Å²) in [6.45, 7) is 0. The second-order valence-electron chi connectivity index (χ2n) is 22.5. The minimum Gasteiger partial charge on any atom is -0.0616 e. The second kappa shape index (κ2) is 17.4. The fourth-order valence-corrected chi connectivity index (χ4v) is 14.8. The molecule has 0 amide bonds. The predicted octanol–water partition coefficient (Wildman–Crippen LogP) is 23.3. The monoisotopic (exact) mass is 1030 g/mol. The van der Waals surface area contributed by atoms with Crippen LogP contribution in [0.4, 0.5) is 0 Å². The van der Waals surface area contributed by atoms with E-state index in [4.69, 9.17) is 0 Å². The molecule has 0 spiro atoms. The Bertz CT molecular complexity index is 5460. The normalized spacial score (nSPS) is 12.1. The zero-order valence-electron chi connectivity index (χ0n) is 44.7. The van der Waals surface area contributed by atoms with Crippen molar-refractivity contribution in [2.24, 2.45) is 0 Å². The van der Waals surface area contributed by atoms with Gasteiger partial charge in [-0.2, -0.15) is 0 Å². The van der Waals surface area contributed by atoms with Crippen molar-refractivity contribution in [1.29, 1.82) is 0 Å². The molecule has 18 rings (SSSR count). The van der Waals surface area contributed by atoms with E-state index in [0.29, 0.717) is 0 Å². The van der Waals surface area contributed by atoms with Crippen LogP contribution in [0.25, 0.3) is 185 Å². The quantitative estimate of drug-likeness (QED) is 0.122. The zero-order chi connectivity index (χ0) is 53.6. The van der Waals surface area contributed by atoms with Gasteiger partial charge in [0.05, 0.1) is 0 Å². The molecule has 0 saturated carbocycles. The molecule has 0 aromatic heterocycles. The summed E-state index contributed by atoms with van der Waals surface area (Å²) < 4.78 is 0. The summed E-state index contributed by atoms with van der Waals surface area (Å²) in [5.74, 6) is 0. The lowest BCUT2D eigenvalue weighted by molar-refractivity contribution is 1.68. The van der Waals surface area contributed by atoms with E-state index in [-0.39, 0.29) is 0 Å². The molecule has 0 radical (unpaired) electrons. The molecule has 0 bridgehead atoms. The number of fused-ring (bicyclic) bond motifs is 19. The van der Waals surface area contributed by atoms with Gasteiger partial charge >= 0.3 is 0 Å². The maximum Gasteiger partial charge on any atom is -0.00141 e. The van der Waals surface area contributed by atoms with Crippen molar-refractivity contribution in [2.45, 2.75) is 0 Å². The Morgan fingerprint density at radius 3 is 0.793 bits per heavy atom. The van der Waals surface area contributed by atoms with Crippen molar-refractivity contribution in [3.05, 3.63) is 291 Å². The Morgan fingerprint density at radius 1 is 0.134 bits per heavy atom. The van der Waals surface area contributed by atoms with Crippen LogP contribution in [0.2, 0.25) is 0 Å². The lowest BCUT2D eigenvalue weighted by atomic mass is 9.81. The van der Waals surface area contributed by atoms with Gasteiger partial charge in [0, 0.05) is 0 Å². The number of benzene rings is 18. The predicted molar refractivity (Wildman–Crippen MR) is 356 cm³/mol. The van der Waals surface area contributed by atoms with Crippen LogP contribution in [-0.2, 0) is 0 Å². The van der Waals surface area contributed by atoms with Crippen molar-refractivity contribution in [3.63, 3.8) is 0 Å². The molecule has 0 aliphatic heterocycles. The molecule has 0 aliphatic rings. The highest BCUT2D eigenvalue weighted by atomic mass is 14.3. The molecule has 0 atom stereocenters. The Hall–Kier alpha value is -10.7. The van der Waals surface area contributed by atoms with E-state index >= 15 is 0 Å². The van der Waals surface area contributed by atoms with Crippen molar-refractivity contribution in [3.8, 4) is 44.5 Å². The van der Waals surface area contributed by atoms with Crippen molar-refractivity contribution >= 4 is 140 Å². The van der Waals surface area contributed by atoms with Gasteiger partial charge in [0.2, 0.25) is 0 Å². The van der Waals surface area contributed by atoms with Crippen LogP contribution >= 0.6 is 0 Å². The molecule has 0 aliphatic carbocycles. The van der Waals surface area contributed by atoms with Crippen LogP contribution < -0.4 is 0 Å². The molecule has 18 aromatic carbocycles. The third kappa shape index (κ3) is 6.49. The van der Waals surface area contributed by atoms with Crippen LogP contribution in [0.5, 0.6) is 0 Å². The maximum absolute atomic E-state index is 2.49. The number of hydrogen-bond acceptors (Lipinski definition) is 0. The summed E-state index contributed by atoms with van der Waals surface area (Å²) in [6.07, 6.45) is 0. The molecule has 18 aromatic rings. The molecule has 0 saturated heterocycles. The largest absolute Gasteiger partial charge is 0.0616 e. The highest BCUT2D eigenvalue weighted by Crippen LogP contribution is 2.52. The van der Waals surface area contributed by atoms with Gasteiger partial charge in [0.1, 0.15) is 0 Å². The maximum atomic E-state index is 2.49. The van der Waals surface area contributed by atoms with Gasteiger partial charge in [0.15, 0.2) is 0 Å². The van der Waals surface area contributed by atoms with Gasteiger partial charge in [0.25, 0.3) is 0 Å². The molecule has 376 valence electrons. The third-order valence-corrected chi connectivity index (χ3v) is 18.3. The Balaban J connectivity index is 0.880. The minimum atomic E-state index is 1.21. The average Bonchev–Trinajstić information content (AvgIpc) is 1.43. The summed E-state index contributed by atoms with van der Waals surface area (Å²) in [6, 6.07) is 110. The van der Waals surface area contributed by atoms with Crippen molar-refractivity contribution in [1.82, 2.24) is 0 Å². The van der Waals surface area contributed by atoms with Crippen LogP contribution in [0, 0.1) is 0 Å². The highest BCUT2D eigenvalue weighted by Gasteiger charge is 2.24. The molecule has 0 fully saturated rings. The first-order chi connectivity index (χ1) is 40.7. The number of hydrogen-bond donors (Lipinski definition) is 0. The van der Waals surface area contributed by atoms with Gasteiger partial charge in [-0.1, -0.05) is 267 Å². The summed E-state index contributed by atoms with van der Waals surface area (Å²) in [4.78, 5) is 0. The van der Waals surface area contributed by atoms with Crippen LogP contribution in [0.1, 0.15) is 0 Å². The highest BCUT2D eigenvalue weighted by molar-refractivity contribution is 6.34. The van der Waals surface area contributed by atoms with Gasteiger partial charge < -0.3 is 0 Å². The molecule has 0 heteroatoms. The molecule has 0 nitrogen and oxygen atoms in total. The van der Waals surface area contributed by atoms with E-state index < -0.39 is 0 Å². The minimum absolute atomic E-state index is 1.21. The van der Waals surface area contributed by atoms with E-state index in [2.05, 4.69) is 291 Å². The van der Waals surface area contributed by atoms with E-state index in [1.54, 1.807) is 0 Å². The average molecular weight is 1030 g/mol. The molecule has 0 unspecified atom stereocenters. The Morgan fingerprint density at radius 2 is 0.402 bits per heavy atom. The molecule has 0 heterocycles. The fourth-order valence-electron chi connectivity index (χ4n) is 14.8. The summed E-state index contributed by atoms with van der Waals surface area (Å²) in [5, 5.41) is 32.7. The van der Waals surface area contributed by atoms with Crippen LogP contribution in [0.3, 0.4) is 0 Å². The lowest BCUT2D eigenvalue weighted by Gasteiger charge is -2.22. The van der Waals surface area contributed by atoms with Gasteiger partial charge in [-0.3, -0.25) is 0 Å². The molecular weight excluding hydrogens is 985 g/mol. The Kier molecular flexibility index (Phi) is 9.61. The Labute approximate surface area is 473 Å². The molecule has 82 heavy (non-hydrogen) atoms. The summed E-state index contributed by atoms with van der Waals surface area (Å²) >= 11 is 0. The van der Waals surface area contributed by atoms with Crippen molar-refractivity contribution < 1.29 is 0 Å². The van der Waals surface area contributed by atoms with Crippen molar-refractivity contribution in [2.75, 3.05) is 0 Å². The summed E-state index contributed by atoms with van der Waals surface area (Å²) in [5.41, 5.74) is 10.0. The summed E-state index contributed by atoms with van der Waals surface area (Å²) in [7, 11) is 0. The van der Waals surface area contributed by atoms with E-state index in [0.717, 1.165) is 0 Å². The van der Waals surface area contributed by atoms with Gasteiger partial charge in [-0.25, -0.2) is 0 Å². The van der Waals surface area contributed by atoms with E-state index in [1.165, 1.54) is 185 Å². The topological polar surface area (TPSA) is 0 Å². The first kappa shape index (κ1) is 45.2. The van der Waals surface area contributed by atoms with Crippen LogP contribution in [0.15, 0.2) is 291 Å². The smallest absolute Gasteiger partial charge is 0.00141 e. The standard InChI is InChI=1S/C82H48/c1-5-21-57-49(17-1)37-41-65-61-25-9-11-27-63(61)75(47-73(57)65)79-69-31-15-13-29-67(69)77(81-59-23-7-3-19-51(59)39-43-71(79)81)55-35-33-54-46-56(36-34-53(54)45-55)78-68-30-14-16-32-70(68)80(72-44-40-52-20-4-8-24-60(52)82(72)78)76-48-74-58-22-6-2-18-50(58)38-42-66(74)62-26-10-12-28-64(62)76/h1-48H. The van der Waals surface area contributed by atoms with E-state index in [9.17, 15) is 0 Å². The van der Waals surface area contributed by atoms with Gasteiger partial charge in [-0.05, 0) is 209 Å². The lowest BCUT2D eigenvalue weighted by Crippen LogP contribution is -1.94. The van der Waals surface area contributed by atoms with Gasteiger partial charge in [-0.15, -0.1) is 0 Å². The SMILES string of the molecule is c1ccc2c(c1)ccc1c3ccccc3c(-c3c4ccccc4c(-c4ccc5cc(-c6c7ccccc7c(-c7cc8c9ccccc9ccc8c8ccccc78)c7ccc8ccccc8c67)ccc5c4)c4c3ccc3ccccc34)cc21. The van der Waals surface area contributed by atoms with E-state index in [1.807, 2.05) is 0 Å². The number of rotatable bonds is 4. The fraction of sp³-hybridized carbons (Fsp3) is 0.